The zero-order chi connectivity index (χ0) is 13.1. The van der Waals surface area contributed by atoms with E-state index in [9.17, 15) is 9.90 Å². The molecular formula is C14H18ClNO2. The normalized spacial score (nSPS) is 16.3. The number of amides is 1. The Morgan fingerprint density at radius 3 is 2.89 bits per heavy atom. The number of hydrogen-bond acceptors (Lipinski definition) is 2. The molecular weight excluding hydrogens is 250 g/mol. The third kappa shape index (κ3) is 3.39. The highest BCUT2D eigenvalue weighted by molar-refractivity contribution is 6.31. The molecule has 0 saturated heterocycles. The van der Waals surface area contributed by atoms with Crippen LogP contribution in [0.2, 0.25) is 5.02 Å². The van der Waals surface area contributed by atoms with Crippen molar-refractivity contribution in [3.05, 3.63) is 28.8 Å². The quantitative estimate of drug-likeness (QED) is 0.859. The average molecular weight is 268 g/mol. The molecule has 1 atom stereocenters. The monoisotopic (exact) mass is 267 g/mol. The van der Waals surface area contributed by atoms with Crippen LogP contribution in [0.3, 0.4) is 0 Å². The maximum absolute atomic E-state index is 12.1. The molecule has 1 aliphatic carbocycles. The van der Waals surface area contributed by atoms with Gasteiger partial charge in [-0.2, -0.15) is 0 Å². The molecule has 0 aliphatic heterocycles. The lowest BCUT2D eigenvalue weighted by atomic mass is 10.1. The number of halogens is 1. The van der Waals surface area contributed by atoms with E-state index in [1.807, 2.05) is 0 Å². The van der Waals surface area contributed by atoms with Crippen molar-refractivity contribution < 1.29 is 9.90 Å². The molecule has 18 heavy (non-hydrogen) atoms. The first-order chi connectivity index (χ1) is 8.60. The Bertz CT molecular complexity index is 443. The lowest BCUT2D eigenvalue weighted by Gasteiger charge is -2.17. The second-order valence-electron chi connectivity index (χ2n) is 4.92. The predicted octanol–water partition coefficient (Wildman–Crippen LogP) is 3.35. The van der Waals surface area contributed by atoms with Crippen LogP contribution in [0.1, 0.15) is 43.0 Å². The zero-order valence-corrected chi connectivity index (χ0v) is 11.2. The average Bonchev–Trinajstić information content (AvgIpc) is 3.15. The van der Waals surface area contributed by atoms with Gasteiger partial charge in [0, 0.05) is 11.1 Å². The summed E-state index contributed by atoms with van der Waals surface area (Å²) < 4.78 is 0. The number of carbonyl (C=O) groups excluding carboxylic acids is 1. The standard InChI is InChI=1S/C14H18ClNO2/c1-2-11(7-9-3-4-9)16-14(18)12-8-10(15)5-6-13(12)17/h5-6,8-9,11,17H,2-4,7H2,1H3,(H,16,18). The van der Waals surface area contributed by atoms with Crippen molar-refractivity contribution in [3.63, 3.8) is 0 Å². The summed E-state index contributed by atoms with van der Waals surface area (Å²) in [5.74, 6) is 0.490. The van der Waals surface area contributed by atoms with Gasteiger partial charge in [0.25, 0.3) is 5.91 Å². The van der Waals surface area contributed by atoms with Crippen LogP contribution >= 0.6 is 11.6 Å². The van der Waals surface area contributed by atoms with E-state index in [1.54, 1.807) is 6.07 Å². The van der Waals surface area contributed by atoms with E-state index in [4.69, 9.17) is 11.6 Å². The third-order valence-corrected chi connectivity index (χ3v) is 3.58. The summed E-state index contributed by atoms with van der Waals surface area (Å²) in [5.41, 5.74) is 0.247. The topological polar surface area (TPSA) is 49.3 Å². The molecule has 1 aromatic carbocycles. The van der Waals surface area contributed by atoms with Crippen molar-refractivity contribution in [2.24, 2.45) is 5.92 Å². The van der Waals surface area contributed by atoms with Gasteiger partial charge in [-0.05, 0) is 37.0 Å². The molecule has 2 N–H and O–H groups in total. The Kier molecular flexibility index (Phi) is 4.12. The highest BCUT2D eigenvalue weighted by Crippen LogP contribution is 2.34. The SMILES string of the molecule is CCC(CC1CC1)NC(=O)c1cc(Cl)ccc1O. The van der Waals surface area contributed by atoms with E-state index in [-0.39, 0.29) is 23.3 Å². The van der Waals surface area contributed by atoms with Crippen LogP contribution in [0, 0.1) is 5.92 Å². The number of hydrogen-bond donors (Lipinski definition) is 2. The first-order valence-corrected chi connectivity index (χ1v) is 6.77. The van der Waals surface area contributed by atoms with Crippen LogP contribution in [-0.2, 0) is 0 Å². The number of phenolic OH excluding ortho intramolecular Hbond substituents is 1. The Labute approximate surface area is 112 Å². The van der Waals surface area contributed by atoms with E-state index in [2.05, 4.69) is 12.2 Å². The number of phenols is 1. The van der Waals surface area contributed by atoms with E-state index in [0.717, 1.165) is 18.8 Å². The molecule has 98 valence electrons. The minimum Gasteiger partial charge on any atom is -0.507 e. The third-order valence-electron chi connectivity index (χ3n) is 3.35. The number of carbonyl (C=O) groups is 1. The van der Waals surface area contributed by atoms with Gasteiger partial charge in [0.1, 0.15) is 5.75 Å². The first kappa shape index (κ1) is 13.2. The zero-order valence-electron chi connectivity index (χ0n) is 10.4. The smallest absolute Gasteiger partial charge is 0.255 e. The minimum absolute atomic E-state index is 0.0295. The minimum atomic E-state index is -0.248. The summed E-state index contributed by atoms with van der Waals surface area (Å²) in [7, 11) is 0. The van der Waals surface area contributed by atoms with Crippen LogP contribution < -0.4 is 5.32 Å². The summed E-state index contributed by atoms with van der Waals surface area (Å²) in [4.78, 5) is 12.1. The maximum Gasteiger partial charge on any atom is 0.255 e. The molecule has 0 radical (unpaired) electrons. The van der Waals surface area contributed by atoms with Crippen LogP contribution in [0.4, 0.5) is 0 Å². The summed E-state index contributed by atoms with van der Waals surface area (Å²) >= 11 is 5.83. The van der Waals surface area contributed by atoms with Crippen molar-refractivity contribution in [1.29, 1.82) is 0 Å². The Balaban J connectivity index is 2.02. The predicted molar refractivity (Wildman–Crippen MR) is 72.0 cm³/mol. The second kappa shape index (κ2) is 5.61. The molecule has 0 spiro atoms. The number of nitrogens with one attached hydrogen (secondary N) is 1. The van der Waals surface area contributed by atoms with Crippen LogP contribution in [-0.4, -0.2) is 17.1 Å². The summed E-state index contributed by atoms with van der Waals surface area (Å²) in [6.07, 6.45) is 4.48. The van der Waals surface area contributed by atoms with Crippen LogP contribution in [0.25, 0.3) is 0 Å². The lowest BCUT2D eigenvalue weighted by Crippen LogP contribution is -2.34. The Morgan fingerprint density at radius 1 is 1.56 bits per heavy atom. The second-order valence-corrected chi connectivity index (χ2v) is 5.36. The van der Waals surface area contributed by atoms with Gasteiger partial charge in [-0.25, -0.2) is 0 Å². The van der Waals surface area contributed by atoms with Gasteiger partial charge >= 0.3 is 0 Å². The molecule has 1 fully saturated rings. The van der Waals surface area contributed by atoms with Crippen LogP contribution in [0.15, 0.2) is 18.2 Å². The van der Waals surface area contributed by atoms with Gasteiger partial charge in [-0.3, -0.25) is 4.79 Å². The lowest BCUT2D eigenvalue weighted by molar-refractivity contribution is 0.0930. The highest BCUT2D eigenvalue weighted by atomic mass is 35.5. The number of benzene rings is 1. The largest absolute Gasteiger partial charge is 0.507 e. The fraction of sp³-hybridized carbons (Fsp3) is 0.500. The number of rotatable bonds is 5. The maximum atomic E-state index is 12.1. The van der Waals surface area contributed by atoms with Crippen molar-refractivity contribution in [2.75, 3.05) is 0 Å². The summed E-state index contributed by atoms with van der Waals surface area (Å²) in [5, 5.41) is 13.1. The molecule has 0 heterocycles. The Morgan fingerprint density at radius 2 is 2.28 bits per heavy atom. The van der Waals surface area contributed by atoms with Crippen molar-refractivity contribution >= 4 is 17.5 Å². The van der Waals surface area contributed by atoms with Crippen molar-refractivity contribution in [1.82, 2.24) is 5.32 Å². The van der Waals surface area contributed by atoms with Gasteiger partial charge in [0.05, 0.1) is 5.56 Å². The molecule has 0 aromatic heterocycles. The van der Waals surface area contributed by atoms with Crippen LogP contribution in [0.5, 0.6) is 5.75 Å². The molecule has 1 aliphatic rings. The van der Waals surface area contributed by atoms with E-state index >= 15 is 0 Å². The molecule has 2 rings (SSSR count). The van der Waals surface area contributed by atoms with Gasteiger partial charge in [0.2, 0.25) is 0 Å². The van der Waals surface area contributed by atoms with Crippen molar-refractivity contribution in [3.8, 4) is 5.75 Å². The molecule has 1 saturated carbocycles. The van der Waals surface area contributed by atoms with Gasteiger partial charge in [-0.15, -0.1) is 0 Å². The molecule has 1 aromatic rings. The summed E-state index contributed by atoms with van der Waals surface area (Å²) in [6, 6.07) is 4.69. The van der Waals surface area contributed by atoms with E-state index in [1.165, 1.54) is 25.0 Å². The first-order valence-electron chi connectivity index (χ1n) is 6.39. The number of aromatic hydroxyl groups is 1. The highest BCUT2D eigenvalue weighted by Gasteiger charge is 2.26. The fourth-order valence-corrected chi connectivity index (χ4v) is 2.21. The van der Waals surface area contributed by atoms with E-state index in [0.29, 0.717) is 5.02 Å². The van der Waals surface area contributed by atoms with Gasteiger partial charge < -0.3 is 10.4 Å². The van der Waals surface area contributed by atoms with Crippen molar-refractivity contribution in [2.45, 2.75) is 38.6 Å². The molecule has 1 unspecified atom stereocenters. The Hall–Kier alpha value is -1.22. The van der Waals surface area contributed by atoms with Gasteiger partial charge in [0.15, 0.2) is 0 Å². The molecule has 0 bridgehead atoms. The molecule has 3 nitrogen and oxygen atoms in total. The molecule has 1 amide bonds. The summed E-state index contributed by atoms with van der Waals surface area (Å²) in [6.45, 7) is 2.06. The fourth-order valence-electron chi connectivity index (χ4n) is 2.04. The van der Waals surface area contributed by atoms with E-state index < -0.39 is 0 Å². The van der Waals surface area contributed by atoms with Gasteiger partial charge in [-0.1, -0.05) is 31.4 Å². The molecule has 4 heteroatoms.